The van der Waals surface area contributed by atoms with Crippen LogP contribution in [0.3, 0.4) is 0 Å². The molecule has 8 aromatic rings. The first kappa shape index (κ1) is 40.3. The maximum absolute atomic E-state index is 2.44. The SMILES string of the molecule is CC.CC.C\C=C/C=C(C)/C(C)=C(/C=C\C)c1c2c(c(-c3ccccc3-c3ccccc3)c3ccccc13)-c1cccc3c(-c4ccc5c6c(cccc46)CC5)ccc-2c13. The number of fused-ring (bicyclic) bond motifs is 4. The van der Waals surface area contributed by atoms with Crippen LogP contribution in [0.15, 0.2) is 181 Å². The van der Waals surface area contributed by atoms with Crippen molar-refractivity contribution < 1.29 is 0 Å². The van der Waals surface area contributed by atoms with E-state index >= 15 is 0 Å². The fourth-order valence-electron chi connectivity index (χ4n) is 9.79. The van der Waals surface area contributed by atoms with E-state index in [-0.39, 0.29) is 0 Å². The minimum atomic E-state index is 1.13. The summed E-state index contributed by atoms with van der Waals surface area (Å²) in [6, 6.07) is 52.6. The summed E-state index contributed by atoms with van der Waals surface area (Å²) in [6.45, 7) is 16.8. The van der Waals surface area contributed by atoms with E-state index in [0.29, 0.717) is 0 Å². The number of allylic oxidation sites excluding steroid dienone is 8. The summed E-state index contributed by atoms with van der Waals surface area (Å²) in [5.74, 6) is 0. The fourth-order valence-corrected chi connectivity index (χ4v) is 9.79. The fraction of sp³-hybridized carbons (Fsp3) is 0.167. The highest BCUT2D eigenvalue weighted by molar-refractivity contribution is 6.28. The molecule has 60 heavy (non-hydrogen) atoms. The van der Waals surface area contributed by atoms with E-state index in [2.05, 4.69) is 198 Å². The van der Waals surface area contributed by atoms with Crippen LogP contribution < -0.4 is 0 Å². The third-order valence-electron chi connectivity index (χ3n) is 12.4. The molecule has 0 unspecified atom stereocenters. The van der Waals surface area contributed by atoms with Crippen molar-refractivity contribution in [2.75, 3.05) is 0 Å². The molecule has 0 atom stereocenters. The Morgan fingerprint density at radius 3 is 1.70 bits per heavy atom. The first-order valence-electron chi connectivity index (χ1n) is 22.1. The van der Waals surface area contributed by atoms with Crippen LogP contribution in [-0.4, -0.2) is 0 Å². The molecular formula is C60H56. The van der Waals surface area contributed by atoms with E-state index in [0.717, 1.165) is 12.8 Å². The van der Waals surface area contributed by atoms with Gasteiger partial charge in [0.2, 0.25) is 0 Å². The van der Waals surface area contributed by atoms with Gasteiger partial charge in [-0.1, -0.05) is 198 Å². The normalized spacial score (nSPS) is 13.1. The number of aryl methyl sites for hydroxylation is 2. The average Bonchev–Trinajstić information content (AvgIpc) is 3.89. The highest BCUT2D eigenvalue weighted by Gasteiger charge is 2.33. The molecule has 0 saturated carbocycles. The van der Waals surface area contributed by atoms with Gasteiger partial charge in [-0.15, -0.1) is 0 Å². The Morgan fingerprint density at radius 1 is 0.433 bits per heavy atom. The maximum Gasteiger partial charge on any atom is -0.000719 e. The molecule has 10 rings (SSSR count). The number of hydrogen-bond donors (Lipinski definition) is 0. The summed E-state index contributed by atoms with van der Waals surface area (Å²) in [5, 5.41) is 8.03. The van der Waals surface area contributed by atoms with Crippen LogP contribution in [0.1, 0.15) is 72.1 Å². The smallest absolute Gasteiger partial charge is 0.000719 e. The average molecular weight is 777 g/mol. The Hall–Kier alpha value is -6.50. The third kappa shape index (κ3) is 6.56. The summed E-state index contributed by atoms with van der Waals surface area (Å²) in [4.78, 5) is 0. The van der Waals surface area contributed by atoms with Gasteiger partial charge in [0.05, 0.1) is 0 Å². The summed E-state index contributed by atoms with van der Waals surface area (Å²) in [6.07, 6.45) is 13.3. The van der Waals surface area contributed by atoms with Crippen molar-refractivity contribution in [3.63, 3.8) is 0 Å². The molecule has 0 bridgehead atoms. The number of hydrogen-bond acceptors (Lipinski definition) is 0. The minimum Gasteiger partial charge on any atom is -0.0877 e. The van der Waals surface area contributed by atoms with Crippen LogP contribution >= 0.6 is 0 Å². The Bertz CT molecular complexity index is 3020. The molecule has 8 aromatic carbocycles. The van der Waals surface area contributed by atoms with E-state index in [1.807, 2.05) is 27.7 Å². The first-order chi connectivity index (χ1) is 29.6. The Kier molecular flexibility index (Phi) is 11.7. The van der Waals surface area contributed by atoms with Crippen molar-refractivity contribution in [2.45, 2.75) is 68.2 Å². The Balaban J connectivity index is 0.00000121. The van der Waals surface area contributed by atoms with Crippen molar-refractivity contribution in [1.82, 2.24) is 0 Å². The van der Waals surface area contributed by atoms with Crippen molar-refractivity contribution >= 4 is 37.9 Å². The summed E-state index contributed by atoms with van der Waals surface area (Å²) < 4.78 is 0. The van der Waals surface area contributed by atoms with Crippen LogP contribution in [0.2, 0.25) is 0 Å². The van der Waals surface area contributed by atoms with Crippen molar-refractivity contribution in [1.29, 1.82) is 0 Å². The van der Waals surface area contributed by atoms with Gasteiger partial charge in [0, 0.05) is 0 Å². The molecule has 0 saturated heterocycles. The highest BCUT2D eigenvalue weighted by atomic mass is 14.3. The molecule has 0 heteroatoms. The van der Waals surface area contributed by atoms with Gasteiger partial charge in [0.25, 0.3) is 0 Å². The van der Waals surface area contributed by atoms with Crippen LogP contribution in [0.25, 0.3) is 93.5 Å². The second-order valence-electron chi connectivity index (χ2n) is 15.4. The topological polar surface area (TPSA) is 0 Å². The second-order valence-corrected chi connectivity index (χ2v) is 15.4. The Labute approximate surface area is 358 Å². The van der Waals surface area contributed by atoms with Gasteiger partial charge < -0.3 is 0 Å². The van der Waals surface area contributed by atoms with Gasteiger partial charge in [-0.25, -0.2) is 0 Å². The predicted molar refractivity (Wildman–Crippen MR) is 266 cm³/mol. The zero-order chi connectivity index (χ0) is 41.9. The summed E-state index contributed by atoms with van der Waals surface area (Å²) in [7, 11) is 0. The number of benzene rings is 8. The van der Waals surface area contributed by atoms with Crippen molar-refractivity contribution in [3.05, 3.63) is 198 Å². The highest BCUT2D eigenvalue weighted by Crippen LogP contribution is 2.59. The zero-order valence-corrected chi connectivity index (χ0v) is 36.6. The lowest BCUT2D eigenvalue weighted by molar-refractivity contribution is 1.02. The van der Waals surface area contributed by atoms with Gasteiger partial charge in [0.15, 0.2) is 0 Å². The summed E-state index contributed by atoms with van der Waals surface area (Å²) in [5.41, 5.74) is 21.0. The molecule has 0 amide bonds. The lowest BCUT2D eigenvalue weighted by atomic mass is 9.79. The monoisotopic (exact) mass is 776 g/mol. The van der Waals surface area contributed by atoms with Gasteiger partial charge in [-0.2, -0.15) is 0 Å². The molecule has 2 aliphatic rings. The Morgan fingerprint density at radius 2 is 0.983 bits per heavy atom. The molecule has 0 spiro atoms. The van der Waals surface area contributed by atoms with E-state index < -0.39 is 0 Å². The second kappa shape index (κ2) is 17.4. The molecule has 0 N–H and O–H groups in total. The third-order valence-corrected chi connectivity index (χ3v) is 12.4. The van der Waals surface area contributed by atoms with Crippen molar-refractivity contribution in [3.8, 4) is 55.6 Å². The first-order valence-corrected chi connectivity index (χ1v) is 22.1. The minimum absolute atomic E-state index is 1.13. The van der Waals surface area contributed by atoms with E-state index in [9.17, 15) is 0 Å². The molecule has 2 aliphatic carbocycles. The van der Waals surface area contributed by atoms with Crippen LogP contribution in [0.4, 0.5) is 0 Å². The van der Waals surface area contributed by atoms with Crippen molar-refractivity contribution in [2.24, 2.45) is 0 Å². The molecule has 0 radical (unpaired) electrons. The van der Waals surface area contributed by atoms with Gasteiger partial charge in [-0.3, -0.25) is 0 Å². The van der Waals surface area contributed by atoms with Gasteiger partial charge in [-0.05, 0) is 162 Å². The standard InChI is InChI=1S/C56H44.2C2H6/c1-5-7-18-35(3)36(4)40(17-6-2)53-47-24-13-14-25-48(47)54(44-23-12-11-22-41(44)37-19-9-8-10-20-37)55-49-28-16-27-46-43(33-34-50(52(46)49)56(53)55)42-32-31-39-30-29-38-21-15-26-45(42)51(38)39;2*1-2/h5-28,31-34H,29-30H2,1-4H3;2*1-2H3/b7-5-,17-6-,35-18+,40-36-;;. The lowest BCUT2D eigenvalue weighted by Crippen LogP contribution is -1.99. The molecule has 0 fully saturated rings. The maximum atomic E-state index is 2.44. The largest absolute Gasteiger partial charge is 0.0877 e. The molecular weight excluding hydrogens is 721 g/mol. The molecule has 0 heterocycles. The predicted octanol–water partition coefficient (Wildman–Crippen LogP) is 17.8. The quantitative estimate of drug-likeness (QED) is 0.141. The lowest BCUT2D eigenvalue weighted by Gasteiger charge is -2.23. The van der Waals surface area contributed by atoms with E-state index in [1.165, 1.54) is 121 Å². The zero-order valence-electron chi connectivity index (χ0n) is 36.6. The van der Waals surface area contributed by atoms with E-state index in [1.54, 1.807) is 0 Å². The molecule has 0 nitrogen and oxygen atoms in total. The van der Waals surface area contributed by atoms with Crippen LogP contribution in [0, 0.1) is 0 Å². The van der Waals surface area contributed by atoms with Gasteiger partial charge in [0.1, 0.15) is 0 Å². The molecule has 0 aromatic heterocycles. The number of rotatable bonds is 7. The van der Waals surface area contributed by atoms with E-state index in [4.69, 9.17) is 0 Å². The van der Waals surface area contributed by atoms with Crippen LogP contribution in [0.5, 0.6) is 0 Å². The molecule has 296 valence electrons. The van der Waals surface area contributed by atoms with Gasteiger partial charge >= 0.3 is 0 Å². The molecule has 0 aliphatic heterocycles. The van der Waals surface area contributed by atoms with Crippen LogP contribution in [-0.2, 0) is 12.8 Å². The summed E-state index contributed by atoms with van der Waals surface area (Å²) >= 11 is 0.